The van der Waals surface area contributed by atoms with E-state index in [-0.39, 0.29) is 16.9 Å². The molecule has 1 atom stereocenters. The molecule has 0 N–H and O–H groups in total. The normalized spacial score (nSPS) is 23.3. The molecule has 104 valence electrons. The molecule has 2 heterocycles. The first kappa shape index (κ1) is 12.7. The van der Waals surface area contributed by atoms with Gasteiger partial charge in [0.05, 0.1) is 17.7 Å². The minimum Gasteiger partial charge on any atom is -0.384 e. The van der Waals surface area contributed by atoms with Crippen LogP contribution in [0.15, 0.2) is 16.4 Å². The number of imidazole rings is 1. The first-order chi connectivity index (χ1) is 9.03. The molecular weight excluding hydrogens is 266 g/mol. The van der Waals surface area contributed by atoms with Gasteiger partial charge in [0, 0.05) is 19.4 Å². The Morgan fingerprint density at radius 3 is 2.84 bits per heavy atom. The van der Waals surface area contributed by atoms with E-state index >= 15 is 0 Å². The molecule has 7 heteroatoms. The van der Waals surface area contributed by atoms with Gasteiger partial charge in [-0.05, 0) is 12.8 Å². The summed E-state index contributed by atoms with van der Waals surface area (Å²) in [6.45, 7) is 1.63. The molecule has 0 amide bonds. The lowest BCUT2D eigenvalue weighted by atomic mass is 10.1. The summed E-state index contributed by atoms with van der Waals surface area (Å²) in [5, 5.41) is 4.35. The van der Waals surface area contributed by atoms with Gasteiger partial charge in [-0.3, -0.25) is 0 Å². The standard InChI is InChI=1S/C12H17N3O3S/c1-3-19(16,17)11-7-13-12(15(11)2)10-6-9(14-18-10)8-4-5-8/h7-8,10H,3-6H2,1-2H3. The van der Waals surface area contributed by atoms with Crippen LogP contribution in [-0.2, 0) is 21.7 Å². The van der Waals surface area contributed by atoms with E-state index in [9.17, 15) is 8.42 Å². The number of aromatic nitrogens is 2. The second-order valence-corrected chi connectivity index (χ2v) is 7.30. The van der Waals surface area contributed by atoms with Gasteiger partial charge >= 0.3 is 0 Å². The molecule has 0 bridgehead atoms. The summed E-state index contributed by atoms with van der Waals surface area (Å²) in [7, 11) is -1.54. The minimum absolute atomic E-state index is 0.0708. The zero-order valence-electron chi connectivity index (χ0n) is 11.0. The summed E-state index contributed by atoms with van der Waals surface area (Å²) in [6, 6.07) is 0. The zero-order chi connectivity index (χ0) is 13.6. The van der Waals surface area contributed by atoms with Gasteiger partial charge in [0.2, 0.25) is 0 Å². The maximum atomic E-state index is 11.9. The maximum Gasteiger partial charge on any atom is 0.195 e. The predicted molar refractivity (Wildman–Crippen MR) is 69.5 cm³/mol. The number of rotatable bonds is 4. The zero-order valence-corrected chi connectivity index (χ0v) is 11.9. The van der Waals surface area contributed by atoms with Crippen molar-refractivity contribution in [1.82, 2.24) is 9.55 Å². The average Bonchev–Trinajstić information content (AvgIpc) is 2.99. The Hall–Kier alpha value is -1.37. The Labute approximate surface area is 112 Å². The number of hydrogen-bond donors (Lipinski definition) is 0. The van der Waals surface area contributed by atoms with E-state index in [4.69, 9.17) is 4.84 Å². The molecule has 6 nitrogen and oxygen atoms in total. The van der Waals surface area contributed by atoms with Crippen molar-refractivity contribution in [3.8, 4) is 0 Å². The van der Waals surface area contributed by atoms with Crippen LogP contribution >= 0.6 is 0 Å². The first-order valence-electron chi connectivity index (χ1n) is 6.50. The van der Waals surface area contributed by atoms with Crippen LogP contribution < -0.4 is 0 Å². The van der Waals surface area contributed by atoms with Crippen molar-refractivity contribution in [2.24, 2.45) is 18.1 Å². The lowest BCUT2D eigenvalue weighted by Crippen LogP contribution is -2.13. The molecule has 0 saturated heterocycles. The molecule has 0 radical (unpaired) electrons. The molecule has 1 aromatic heterocycles. The number of sulfone groups is 1. The molecule has 1 saturated carbocycles. The molecule has 1 aliphatic heterocycles. The van der Waals surface area contributed by atoms with Gasteiger partial charge in [0.1, 0.15) is 0 Å². The van der Waals surface area contributed by atoms with Crippen LogP contribution in [0.5, 0.6) is 0 Å². The molecule has 19 heavy (non-hydrogen) atoms. The van der Waals surface area contributed by atoms with Crippen LogP contribution in [0.3, 0.4) is 0 Å². The van der Waals surface area contributed by atoms with Crippen molar-refractivity contribution in [1.29, 1.82) is 0 Å². The summed E-state index contributed by atoms with van der Waals surface area (Å²) in [5.74, 6) is 1.27. The van der Waals surface area contributed by atoms with Crippen LogP contribution in [0.2, 0.25) is 0 Å². The van der Waals surface area contributed by atoms with E-state index in [0.29, 0.717) is 11.7 Å². The van der Waals surface area contributed by atoms with E-state index in [0.717, 1.165) is 12.1 Å². The van der Waals surface area contributed by atoms with E-state index < -0.39 is 9.84 Å². The van der Waals surface area contributed by atoms with Gasteiger partial charge in [-0.15, -0.1) is 0 Å². The Bertz CT molecular complexity index is 629. The summed E-state index contributed by atoms with van der Waals surface area (Å²) < 4.78 is 25.4. The number of hydrogen-bond acceptors (Lipinski definition) is 5. The highest BCUT2D eigenvalue weighted by molar-refractivity contribution is 7.91. The third-order valence-corrected chi connectivity index (χ3v) is 5.49. The Balaban J connectivity index is 1.84. The van der Waals surface area contributed by atoms with E-state index in [1.165, 1.54) is 19.0 Å². The van der Waals surface area contributed by atoms with Gasteiger partial charge in [0.25, 0.3) is 0 Å². The summed E-state index contributed by atoms with van der Waals surface area (Å²) in [4.78, 5) is 9.61. The summed E-state index contributed by atoms with van der Waals surface area (Å²) in [6.07, 6.45) is 4.25. The molecule has 2 aliphatic rings. The largest absolute Gasteiger partial charge is 0.384 e. The van der Waals surface area contributed by atoms with Crippen LogP contribution in [-0.4, -0.2) is 29.4 Å². The number of oxime groups is 1. The molecule has 1 aromatic rings. The second kappa shape index (κ2) is 4.33. The average molecular weight is 283 g/mol. The summed E-state index contributed by atoms with van der Waals surface area (Å²) in [5.41, 5.74) is 1.09. The Morgan fingerprint density at radius 1 is 1.47 bits per heavy atom. The van der Waals surface area contributed by atoms with Crippen molar-refractivity contribution >= 4 is 15.5 Å². The highest BCUT2D eigenvalue weighted by Gasteiger charge is 2.36. The van der Waals surface area contributed by atoms with Crippen molar-refractivity contribution in [2.45, 2.75) is 37.3 Å². The highest BCUT2D eigenvalue weighted by atomic mass is 32.2. The minimum atomic E-state index is -3.25. The third kappa shape index (κ3) is 2.16. The Kier molecular flexibility index (Phi) is 2.88. The lowest BCUT2D eigenvalue weighted by molar-refractivity contribution is 0.0766. The number of nitrogens with zero attached hydrogens (tertiary/aromatic N) is 3. The molecule has 3 rings (SSSR count). The molecule has 1 unspecified atom stereocenters. The quantitative estimate of drug-likeness (QED) is 0.838. The van der Waals surface area contributed by atoms with Crippen LogP contribution in [0, 0.1) is 5.92 Å². The summed E-state index contributed by atoms with van der Waals surface area (Å²) >= 11 is 0. The van der Waals surface area contributed by atoms with Gasteiger partial charge in [-0.2, -0.15) is 0 Å². The molecule has 0 aromatic carbocycles. The van der Waals surface area contributed by atoms with E-state index in [1.807, 2.05) is 0 Å². The topological polar surface area (TPSA) is 73.6 Å². The second-order valence-electron chi connectivity index (χ2n) is 5.07. The fraction of sp³-hybridized carbons (Fsp3) is 0.667. The Morgan fingerprint density at radius 2 is 2.21 bits per heavy atom. The van der Waals surface area contributed by atoms with Crippen molar-refractivity contribution in [3.05, 3.63) is 12.0 Å². The molecular formula is C12H17N3O3S. The molecule has 0 spiro atoms. The van der Waals surface area contributed by atoms with Crippen molar-refractivity contribution in [2.75, 3.05) is 5.75 Å². The SMILES string of the molecule is CCS(=O)(=O)c1cnc(C2CC(C3CC3)=NO2)n1C. The highest BCUT2D eigenvalue weighted by Crippen LogP contribution is 2.38. The van der Waals surface area contributed by atoms with Crippen molar-refractivity contribution < 1.29 is 13.3 Å². The van der Waals surface area contributed by atoms with Gasteiger partial charge in [0.15, 0.2) is 26.8 Å². The van der Waals surface area contributed by atoms with Gasteiger partial charge < -0.3 is 9.40 Å². The van der Waals surface area contributed by atoms with E-state index in [2.05, 4.69) is 10.1 Å². The van der Waals surface area contributed by atoms with Crippen LogP contribution in [0.1, 0.15) is 38.1 Å². The fourth-order valence-electron chi connectivity index (χ4n) is 2.34. The smallest absolute Gasteiger partial charge is 0.195 e. The van der Waals surface area contributed by atoms with Crippen LogP contribution in [0.4, 0.5) is 0 Å². The van der Waals surface area contributed by atoms with Crippen LogP contribution in [0.25, 0.3) is 0 Å². The van der Waals surface area contributed by atoms with Gasteiger partial charge in [-0.1, -0.05) is 12.1 Å². The first-order valence-corrected chi connectivity index (χ1v) is 8.15. The third-order valence-electron chi connectivity index (χ3n) is 3.71. The van der Waals surface area contributed by atoms with Crippen molar-refractivity contribution in [3.63, 3.8) is 0 Å². The van der Waals surface area contributed by atoms with Gasteiger partial charge in [-0.25, -0.2) is 13.4 Å². The monoisotopic (exact) mass is 283 g/mol. The molecule has 1 fully saturated rings. The molecule has 1 aliphatic carbocycles. The van der Waals surface area contributed by atoms with E-state index in [1.54, 1.807) is 18.5 Å². The predicted octanol–water partition coefficient (Wildman–Crippen LogP) is 1.44. The lowest BCUT2D eigenvalue weighted by Gasteiger charge is -2.09. The fourth-order valence-corrected chi connectivity index (χ4v) is 3.36. The maximum absolute atomic E-state index is 11.9.